The lowest BCUT2D eigenvalue weighted by Crippen LogP contribution is -2.50. The van der Waals surface area contributed by atoms with Crippen LogP contribution in [0.15, 0.2) is 72.8 Å². The van der Waals surface area contributed by atoms with Gasteiger partial charge in [0.2, 0.25) is 5.91 Å². The van der Waals surface area contributed by atoms with E-state index in [1.54, 1.807) is 16.7 Å². The van der Waals surface area contributed by atoms with Crippen LogP contribution >= 0.6 is 0 Å². The van der Waals surface area contributed by atoms with Crippen molar-refractivity contribution in [3.8, 4) is 0 Å². The molecule has 2 fully saturated rings. The minimum absolute atomic E-state index is 0.0240. The van der Waals surface area contributed by atoms with Gasteiger partial charge in [0.15, 0.2) is 0 Å². The molecule has 0 radical (unpaired) electrons. The first-order valence-corrected chi connectivity index (χ1v) is 36.7. The molecule has 5 amide bonds. The molecule has 0 saturated carbocycles. The SMILES string of the molecule is CC(=O)N1CCC2(CCN(C(=O)OC(C)(C)C)CC2)c2ccc(C(C)(C)C)cc21.CC(C)(C)OC(=O)N1CCC(C)(C)c2ccc(C(C)(C)C)cc21.CC(C)(C)OC(=O)N1CCC2(CCNc3cc(C(C)(C)C)ccc32)CC1.CC(C)(C)OC(=O)N1CCc2ccc(C(C)(C)C)cc2C1. The van der Waals surface area contributed by atoms with Gasteiger partial charge in [-0.1, -0.05) is 152 Å². The van der Waals surface area contributed by atoms with Crippen molar-refractivity contribution in [2.45, 2.75) is 305 Å². The molecule has 6 heterocycles. The van der Waals surface area contributed by atoms with Crippen molar-refractivity contribution in [1.29, 1.82) is 0 Å². The predicted molar refractivity (Wildman–Crippen MR) is 405 cm³/mol. The summed E-state index contributed by atoms with van der Waals surface area (Å²) in [6.45, 7) is 62.4. The van der Waals surface area contributed by atoms with Crippen LogP contribution in [0.2, 0.25) is 0 Å². The van der Waals surface area contributed by atoms with E-state index >= 15 is 0 Å². The van der Waals surface area contributed by atoms with Crippen molar-refractivity contribution < 1.29 is 42.9 Å². The monoisotopic (exact) mass is 1360 g/mol. The number of benzene rings is 4. The quantitative estimate of drug-likeness (QED) is 0.169. The summed E-state index contributed by atoms with van der Waals surface area (Å²) in [5.74, 6) is 0.0957. The molecule has 6 aliphatic heterocycles. The largest absolute Gasteiger partial charge is 0.444 e. The predicted octanol–water partition coefficient (Wildman–Crippen LogP) is 19.8. The Morgan fingerprint density at radius 2 is 0.737 bits per heavy atom. The van der Waals surface area contributed by atoms with Crippen LogP contribution in [0.3, 0.4) is 0 Å². The van der Waals surface area contributed by atoms with E-state index in [1.165, 1.54) is 55.8 Å². The lowest BCUT2D eigenvalue weighted by molar-refractivity contribution is -0.116. The number of carbonyl (C=O) groups is 5. The summed E-state index contributed by atoms with van der Waals surface area (Å²) in [4.78, 5) is 71.3. The van der Waals surface area contributed by atoms with E-state index < -0.39 is 22.4 Å². The number of anilines is 3. The number of carbonyl (C=O) groups excluding carboxylic acids is 5. The van der Waals surface area contributed by atoms with Crippen molar-refractivity contribution in [3.63, 3.8) is 0 Å². The summed E-state index contributed by atoms with van der Waals surface area (Å²) < 4.78 is 22.2. The van der Waals surface area contributed by atoms with Crippen LogP contribution in [0.5, 0.6) is 0 Å². The summed E-state index contributed by atoms with van der Waals surface area (Å²) in [5.41, 5.74) is 13.8. The number of hydrogen-bond acceptors (Lipinski definition) is 10. The minimum Gasteiger partial charge on any atom is -0.444 e. The molecular formula is C84H128N6O9. The standard InChI is InChI=1S/C24H36N2O3.C22H34N2O2.C20H31NO2.C18H27NO2/c1-17(27)26-15-12-24(19-9-8-18(16-20(19)26)22(2,3)4)10-13-25(14-11-24)21(28)29-23(5,6)7;1-20(2,3)16-7-8-17-18(15-16)23-12-9-22(17)10-13-24(14-11-22)19(25)26-21(4,5)6;1-18(2,3)14-9-10-15-16(13-14)21(12-11-20(15,7)8)17(22)23-19(4,5)6;1-17(2,3)15-8-7-13-9-10-19(12-14(13)11-15)16(20)21-18(4,5)6/h8-9,16H,10-15H2,1-7H3;7-8,15,23H,9-14H2,1-6H3;9-10,13H,11-12H2,1-8H3;7-8,11H,9-10,12H2,1-6H3. The topological polar surface area (TPSA) is 150 Å². The zero-order valence-corrected chi connectivity index (χ0v) is 66.4. The Hall–Kier alpha value is -6.77. The fourth-order valence-corrected chi connectivity index (χ4v) is 14.1. The molecule has 4 aromatic rings. The molecule has 10 rings (SSSR count). The zero-order chi connectivity index (χ0) is 74.2. The van der Waals surface area contributed by atoms with Crippen LogP contribution in [0.25, 0.3) is 0 Å². The minimum atomic E-state index is -0.480. The second kappa shape index (κ2) is 29.3. The van der Waals surface area contributed by atoms with E-state index in [1.807, 2.05) is 97.8 Å². The van der Waals surface area contributed by atoms with Crippen LogP contribution < -0.4 is 15.1 Å². The molecule has 4 aromatic carbocycles. The van der Waals surface area contributed by atoms with Gasteiger partial charge in [-0.25, -0.2) is 19.2 Å². The number of fused-ring (bicyclic) bond motifs is 6. The number of nitrogens with one attached hydrogen (secondary N) is 1. The highest BCUT2D eigenvalue weighted by molar-refractivity contribution is 5.93. The molecule has 6 aliphatic rings. The second-order valence-corrected chi connectivity index (χ2v) is 37.7. The smallest absolute Gasteiger partial charge is 0.414 e. The molecule has 0 aliphatic carbocycles. The summed E-state index contributed by atoms with van der Waals surface area (Å²) in [7, 11) is 0. The van der Waals surface area contributed by atoms with Gasteiger partial charge in [0.25, 0.3) is 0 Å². The number of amides is 5. The fourth-order valence-electron chi connectivity index (χ4n) is 14.1. The molecule has 0 aromatic heterocycles. The molecule has 0 bridgehead atoms. The van der Waals surface area contributed by atoms with Crippen molar-refractivity contribution in [2.24, 2.45) is 0 Å². The number of hydrogen-bond donors (Lipinski definition) is 1. The highest BCUT2D eigenvalue weighted by Gasteiger charge is 2.45. The van der Waals surface area contributed by atoms with Gasteiger partial charge in [-0.3, -0.25) is 9.69 Å². The number of piperidine rings is 2. The van der Waals surface area contributed by atoms with Crippen LogP contribution in [0.1, 0.15) is 282 Å². The van der Waals surface area contributed by atoms with Crippen molar-refractivity contribution in [2.75, 3.05) is 67.5 Å². The first-order valence-electron chi connectivity index (χ1n) is 36.7. The molecular weight excluding hydrogens is 1240 g/mol. The Labute approximate surface area is 597 Å². The highest BCUT2D eigenvalue weighted by Crippen LogP contribution is 2.50. The molecule has 2 saturated heterocycles. The van der Waals surface area contributed by atoms with E-state index in [0.29, 0.717) is 26.2 Å². The van der Waals surface area contributed by atoms with Gasteiger partial charge in [-0.2, -0.15) is 0 Å². The Morgan fingerprint density at radius 3 is 1.18 bits per heavy atom. The van der Waals surface area contributed by atoms with Crippen LogP contribution in [0, 0.1) is 0 Å². The Balaban J connectivity index is 0.000000187. The summed E-state index contributed by atoms with van der Waals surface area (Å²) >= 11 is 0. The van der Waals surface area contributed by atoms with Gasteiger partial charge in [0.1, 0.15) is 22.4 Å². The molecule has 15 nitrogen and oxygen atoms in total. The maximum Gasteiger partial charge on any atom is 0.414 e. The van der Waals surface area contributed by atoms with Crippen LogP contribution in [-0.2, 0) is 74.6 Å². The normalized spacial score (nSPS) is 18.2. The Kier molecular flexibility index (Phi) is 23.5. The number of nitrogens with zero attached hydrogens (tertiary/aromatic N) is 5. The third-order valence-electron chi connectivity index (χ3n) is 20.2. The molecule has 548 valence electrons. The average molecular weight is 1370 g/mol. The van der Waals surface area contributed by atoms with Crippen LogP contribution in [0.4, 0.5) is 36.2 Å². The van der Waals surface area contributed by atoms with Crippen molar-refractivity contribution in [3.05, 3.63) is 123 Å². The lowest BCUT2D eigenvalue weighted by Gasteiger charge is -2.48. The maximum atomic E-state index is 12.7. The van der Waals surface area contributed by atoms with Gasteiger partial charge >= 0.3 is 24.4 Å². The van der Waals surface area contributed by atoms with Crippen molar-refractivity contribution >= 4 is 47.3 Å². The molecule has 2 spiro atoms. The highest BCUT2D eigenvalue weighted by atomic mass is 16.6. The fraction of sp³-hybridized carbons (Fsp3) is 0.655. The summed E-state index contributed by atoms with van der Waals surface area (Å²) in [5, 5.41) is 3.61. The first-order chi connectivity index (χ1) is 45.2. The third kappa shape index (κ3) is 20.7. The Bertz CT molecular complexity index is 3530. The second-order valence-electron chi connectivity index (χ2n) is 37.7. The molecule has 1 N–H and O–H groups in total. The van der Waals surface area contributed by atoms with Crippen LogP contribution in [-0.4, -0.2) is 120 Å². The molecule has 15 heteroatoms. The molecule has 99 heavy (non-hydrogen) atoms. The molecule has 0 atom stereocenters. The van der Waals surface area contributed by atoms with Gasteiger partial charge in [0, 0.05) is 88.0 Å². The van der Waals surface area contributed by atoms with Crippen molar-refractivity contribution in [1.82, 2.24) is 14.7 Å². The molecule has 0 unspecified atom stereocenters. The van der Waals surface area contributed by atoms with Gasteiger partial charge in [-0.05, 0) is 230 Å². The first kappa shape index (κ1) is 79.6. The van der Waals surface area contributed by atoms with E-state index in [4.69, 9.17) is 18.9 Å². The van der Waals surface area contributed by atoms with Gasteiger partial charge in [0.05, 0.1) is 5.69 Å². The van der Waals surface area contributed by atoms with Gasteiger partial charge in [-0.15, -0.1) is 0 Å². The zero-order valence-electron chi connectivity index (χ0n) is 66.4. The average Bonchev–Trinajstić information content (AvgIpc) is 0.757. The van der Waals surface area contributed by atoms with E-state index in [-0.39, 0.29) is 68.2 Å². The summed E-state index contributed by atoms with van der Waals surface area (Å²) in [6.07, 6.45) is 6.88. The number of rotatable bonds is 0. The Morgan fingerprint density at radius 1 is 0.374 bits per heavy atom. The third-order valence-corrected chi connectivity index (χ3v) is 20.2. The number of ether oxygens (including phenoxy) is 4. The van der Waals surface area contributed by atoms with E-state index in [2.05, 4.69) is 175 Å². The maximum absolute atomic E-state index is 12.7. The van der Waals surface area contributed by atoms with E-state index in [0.717, 1.165) is 95.5 Å². The number of likely N-dealkylation sites (tertiary alicyclic amines) is 2. The lowest BCUT2D eigenvalue weighted by atomic mass is 9.67. The van der Waals surface area contributed by atoms with E-state index in [9.17, 15) is 24.0 Å². The summed E-state index contributed by atoms with van der Waals surface area (Å²) in [6, 6.07) is 26.8. The van der Waals surface area contributed by atoms with Gasteiger partial charge < -0.3 is 43.9 Å².